The molecule has 4 nitrogen and oxygen atoms in total. The fourth-order valence-corrected chi connectivity index (χ4v) is 5.54. The van der Waals surface area contributed by atoms with Crippen molar-refractivity contribution in [2.45, 2.75) is 46.6 Å². The Morgan fingerprint density at radius 3 is 2.50 bits per heavy atom. The first-order chi connectivity index (χ1) is 11.4. The molecule has 1 heterocycles. The van der Waals surface area contributed by atoms with E-state index in [4.69, 9.17) is 4.74 Å². The first-order valence-electron chi connectivity index (χ1n) is 9.02. The van der Waals surface area contributed by atoms with Crippen molar-refractivity contribution in [1.82, 2.24) is 0 Å². The van der Waals surface area contributed by atoms with E-state index < -0.39 is 0 Å². The third-order valence-corrected chi connectivity index (χ3v) is 6.26. The maximum absolute atomic E-state index is 13.4. The van der Waals surface area contributed by atoms with Crippen molar-refractivity contribution in [3.8, 4) is 0 Å². The fourth-order valence-electron chi connectivity index (χ4n) is 5.54. The number of nitrogens with zero attached hydrogens (tertiary/aromatic N) is 1. The van der Waals surface area contributed by atoms with Crippen LogP contribution in [0.15, 0.2) is 12.1 Å². The van der Waals surface area contributed by atoms with Gasteiger partial charge < -0.3 is 9.64 Å². The molecular formula is C20H25NO3. The zero-order valence-corrected chi connectivity index (χ0v) is 14.8. The SMILES string of the molecule is CCN(C(=O)[C@@H]1[C@H]2C[C@H]3[C@@H]1C(=O)O[C@H]3C2)c1c(C)cc(C)cc1C. The lowest BCUT2D eigenvalue weighted by atomic mass is 9.79. The Hall–Kier alpha value is -1.84. The molecule has 2 saturated carbocycles. The van der Waals surface area contributed by atoms with Gasteiger partial charge >= 0.3 is 5.97 Å². The number of amides is 1. The van der Waals surface area contributed by atoms with Crippen molar-refractivity contribution in [3.63, 3.8) is 0 Å². The number of carbonyl (C=O) groups is 2. The van der Waals surface area contributed by atoms with Crippen LogP contribution < -0.4 is 4.90 Å². The molecule has 2 aliphatic carbocycles. The Morgan fingerprint density at radius 1 is 1.21 bits per heavy atom. The lowest BCUT2D eigenvalue weighted by Gasteiger charge is -2.32. The highest BCUT2D eigenvalue weighted by molar-refractivity contribution is 6.00. The minimum Gasteiger partial charge on any atom is -0.462 e. The molecule has 0 spiro atoms. The third-order valence-electron chi connectivity index (χ3n) is 6.26. The monoisotopic (exact) mass is 327 g/mol. The summed E-state index contributed by atoms with van der Waals surface area (Å²) in [4.78, 5) is 27.5. The Labute approximate surface area is 143 Å². The van der Waals surface area contributed by atoms with E-state index in [0.29, 0.717) is 12.5 Å². The highest BCUT2D eigenvalue weighted by Crippen LogP contribution is 2.58. The van der Waals surface area contributed by atoms with Crippen LogP contribution in [0.1, 0.15) is 36.5 Å². The Balaban J connectivity index is 1.70. The van der Waals surface area contributed by atoms with E-state index in [1.807, 2.05) is 11.8 Å². The van der Waals surface area contributed by atoms with Crippen molar-refractivity contribution >= 4 is 17.6 Å². The topological polar surface area (TPSA) is 46.6 Å². The minimum absolute atomic E-state index is 0.0782. The quantitative estimate of drug-likeness (QED) is 0.801. The van der Waals surface area contributed by atoms with Gasteiger partial charge in [-0.2, -0.15) is 0 Å². The van der Waals surface area contributed by atoms with E-state index in [2.05, 4.69) is 32.9 Å². The zero-order chi connectivity index (χ0) is 17.2. The molecule has 1 amide bonds. The number of ether oxygens (including phenoxy) is 1. The predicted octanol–water partition coefficient (Wildman–Crippen LogP) is 3.16. The molecule has 3 fully saturated rings. The summed E-state index contributed by atoms with van der Waals surface area (Å²) in [5.74, 6) is 0.154. The summed E-state index contributed by atoms with van der Waals surface area (Å²) >= 11 is 0. The summed E-state index contributed by atoms with van der Waals surface area (Å²) in [5, 5.41) is 0. The molecule has 0 aromatic heterocycles. The molecule has 1 aromatic rings. The van der Waals surface area contributed by atoms with Gasteiger partial charge in [-0.05, 0) is 57.6 Å². The molecular weight excluding hydrogens is 302 g/mol. The van der Waals surface area contributed by atoms with Gasteiger partial charge in [0.1, 0.15) is 6.10 Å². The number of rotatable bonds is 3. The largest absolute Gasteiger partial charge is 0.462 e. The normalized spacial score (nSPS) is 33.0. The summed E-state index contributed by atoms with van der Waals surface area (Å²) in [6, 6.07) is 4.25. The zero-order valence-electron chi connectivity index (χ0n) is 14.8. The smallest absolute Gasteiger partial charge is 0.310 e. The average Bonchev–Trinajstić information content (AvgIpc) is 3.11. The molecule has 24 heavy (non-hydrogen) atoms. The van der Waals surface area contributed by atoms with Gasteiger partial charge in [0.05, 0.1) is 11.8 Å². The van der Waals surface area contributed by atoms with Gasteiger partial charge in [0.25, 0.3) is 0 Å². The second-order valence-electron chi connectivity index (χ2n) is 7.75. The number of hydrogen-bond donors (Lipinski definition) is 0. The summed E-state index contributed by atoms with van der Waals surface area (Å²) in [6.45, 7) is 8.84. The van der Waals surface area contributed by atoms with Gasteiger partial charge in [0, 0.05) is 18.2 Å². The van der Waals surface area contributed by atoms with Crippen molar-refractivity contribution < 1.29 is 14.3 Å². The summed E-state index contributed by atoms with van der Waals surface area (Å²) < 4.78 is 5.49. The maximum Gasteiger partial charge on any atom is 0.310 e. The highest BCUT2D eigenvalue weighted by Gasteiger charge is 2.64. The van der Waals surface area contributed by atoms with Crippen LogP contribution in [0.3, 0.4) is 0 Å². The molecule has 0 radical (unpaired) electrons. The van der Waals surface area contributed by atoms with E-state index in [0.717, 1.165) is 29.7 Å². The van der Waals surface area contributed by atoms with Gasteiger partial charge in [0.2, 0.25) is 5.91 Å². The summed E-state index contributed by atoms with van der Waals surface area (Å²) in [7, 11) is 0. The first-order valence-corrected chi connectivity index (χ1v) is 9.02. The Kier molecular flexibility index (Phi) is 3.48. The molecule has 1 aliphatic heterocycles. The van der Waals surface area contributed by atoms with E-state index in [1.54, 1.807) is 0 Å². The molecule has 4 heteroatoms. The number of fused-ring (bicyclic) bond motifs is 1. The fraction of sp³-hybridized carbons (Fsp3) is 0.600. The number of anilines is 1. The number of esters is 1. The van der Waals surface area contributed by atoms with Crippen LogP contribution in [-0.2, 0) is 14.3 Å². The van der Waals surface area contributed by atoms with E-state index >= 15 is 0 Å². The van der Waals surface area contributed by atoms with Gasteiger partial charge in [-0.15, -0.1) is 0 Å². The second-order valence-corrected chi connectivity index (χ2v) is 7.75. The molecule has 0 unspecified atom stereocenters. The lowest BCUT2D eigenvalue weighted by molar-refractivity contribution is -0.145. The predicted molar refractivity (Wildman–Crippen MR) is 91.8 cm³/mol. The Morgan fingerprint density at radius 2 is 1.88 bits per heavy atom. The lowest BCUT2D eigenvalue weighted by Crippen LogP contribution is -2.43. The minimum atomic E-state index is -0.207. The summed E-state index contributed by atoms with van der Waals surface area (Å²) in [6.07, 6.45) is 1.92. The van der Waals surface area contributed by atoms with Gasteiger partial charge in [-0.3, -0.25) is 9.59 Å². The van der Waals surface area contributed by atoms with Gasteiger partial charge in [-0.1, -0.05) is 17.7 Å². The number of benzene rings is 1. The van der Waals surface area contributed by atoms with Gasteiger partial charge in [-0.25, -0.2) is 0 Å². The molecule has 0 N–H and O–H groups in total. The third kappa shape index (κ3) is 2.04. The van der Waals surface area contributed by atoms with Crippen LogP contribution in [0.2, 0.25) is 0 Å². The van der Waals surface area contributed by atoms with Crippen molar-refractivity contribution in [2.75, 3.05) is 11.4 Å². The molecule has 1 saturated heterocycles. The molecule has 4 rings (SSSR count). The molecule has 128 valence electrons. The van der Waals surface area contributed by atoms with Crippen LogP contribution in [0.5, 0.6) is 0 Å². The van der Waals surface area contributed by atoms with Crippen LogP contribution in [0, 0.1) is 44.4 Å². The molecule has 1 aromatic carbocycles. The standard InChI is InChI=1S/C20H25NO3/c1-5-21(18-11(3)6-10(2)7-12(18)4)19(22)16-13-8-14-15(9-13)24-20(23)17(14)16/h6-7,13-17H,5,8-9H2,1-4H3/t13-,14+,15-,16+,17-/m0/s1. The summed E-state index contributed by atoms with van der Waals surface area (Å²) in [5.41, 5.74) is 4.47. The highest BCUT2D eigenvalue weighted by atomic mass is 16.6. The van der Waals surface area contributed by atoms with Crippen molar-refractivity contribution in [2.24, 2.45) is 23.7 Å². The molecule has 5 atom stereocenters. The number of aryl methyl sites for hydroxylation is 3. The molecule has 3 aliphatic rings. The number of hydrogen-bond acceptors (Lipinski definition) is 3. The van der Waals surface area contributed by atoms with Crippen molar-refractivity contribution in [1.29, 1.82) is 0 Å². The van der Waals surface area contributed by atoms with E-state index in [9.17, 15) is 9.59 Å². The number of carbonyl (C=O) groups excluding carboxylic acids is 2. The van der Waals surface area contributed by atoms with E-state index in [1.165, 1.54) is 5.56 Å². The van der Waals surface area contributed by atoms with E-state index in [-0.39, 0.29) is 35.7 Å². The maximum atomic E-state index is 13.4. The van der Waals surface area contributed by atoms with Crippen molar-refractivity contribution in [3.05, 3.63) is 28.8 Å². The first kappa shape index (κ1) is 15.7. The van der Waals surface area contributed by atoms with Crippen LogP contribution in [-0.4, -0.2) is 24.5 Å². The Bertz CT molecular complexity index is 701. The van der Waals surface area contributed by atoms with Gasteiger partial charge in [0.15, 0.2) is 0 Å². The van der Waals surface area contributed by atoms with Crippen LogP contribution >= 0.6 is 0 Å². The van der Waals surface area contributed by atoms with Crippen LogP contribution in [0.25, 0.3) is 0 Å². The van der Waals surface area contributed by atoms with Crippen LogP contribution in [0.4, 0.5) is 5.69 Å². The molecule has 2 bridgehead atoms. The second kappa shape index (κ2) is 5.33. The average molecular weight is 327 g/mol.